The molecule has 3 nitrogen and oxygen atoms in total. The van der Waals surface area contributed by atoms with E-state index in [0.29, 0.717) is 6.10 Å². The van der Waals surface area contributed by atoms with Crippen LogP contribution in [0.4, 0.5) is 0 Å². The summed E-state index contributed by atoms with van der Waals surface area (Å²) in [6, 6.07) is 7.54. The van der Waals surface area contributed by atoms with Crippen LogP contribution in [-0.2, 0) is 4.84 Å². The molecule has 1 fully saturated rings. The molecule has 1 radical (unpaired) electrons. The van der Waals surface area contributed by atoms with Gasteiger partial charge in [-0.1, -0.05) is 17.3 Å². The average Bonchev–Trinajstić information content (AvgIpc) is 3.02. The molecular weight excluding hydrogens is 178 g/mol. The van der Waals surface area contributed by atoms with Gasteiger partial charge in [0.2, 0.25) is 0 Å². The molecule has 0 saturated heterocycles. The number of ether oxygens (including phenoxy) is 1. The molecule has 14 heavy (non-hydrogen) atoms. The molecule has 0 heterocycles. The lowest BCUT2D eigenvalue weighted by Gasteiger charge is -1.98. The quantitative estimate of drug-likeness (QED) is 0.537. The lowest BCUT2D eigenvalue weighted by Crippen LogP contribution is -1.88. The van der Waals surface area contributed by atoms with Gasteiger partial charge < -0.3 is 9.57 Å². The van der Waals surface area contributed by atoms with Crippen LogP contribution in [0.1, 0.15) is 18.4 Å². The topological polar surface area (TPSA) is 30.8 Å². The van der Waals surface area contributed by atoms with Crippen molar-refractivity contribution in [1.82, 2.24) is 0 Å². The number of rotatable bonds is 4. The third-order valence-electron chi connectivity index (χ3n) is 1.97. The molecule has 2 rings (SSSR count). The van der Waals surface area contributed by atoms with Crippen LogP contribution in [-0.4, -0.2) is 19.4 Å². The molecule has 0 amide bonds. The first-order valence-corrected chi connectivity index (χ1v) is 4.64. The van der Waals surface area contributed by atoms with E-state index in [1.165, 1.54) is 0 Å². The third-order valence-corrected chi connectivity index (χ3v) is 1.97. The van der Waals surface area contributed by atoms with Gasteiger partial charge in [-0.3, -0.25) is 0 Å². The van der Waals surface area contributed by atoms with Crippen molar-refractivity contribution in [2.45, 2.75) is 18.9 Å². The molecule has 0 unspecified atom stereocenters. The highest BCUT2D eigenvalue weighted by molar-refractivity contribution is 5.79. The van der Waals surface area contributed by atoms with Crippen molar-refractivity contribution < 1.29 is 9.57 Å². The highest BCUT2D eigenvalue weighted by Gasteiger charge is 2.23. The van der Waals surface area contributed by atoms with Crippen LogP contribution in [0.2, 0.25) is 0 Å². The molecule has 1 aliphatic rings. The molecule has 73 valence electrons. The van der Waals surface area contributed by atoms with E-state index in [-0.39, 0.29) is 0 Å². The van der Waals surface area contributed by atoms with Crippen LogP contribution in [0.3, 0.4) is 0 Å². The molecule has 0 bridgehead atoms. The second-order valence-electron chi connectivity index (χ2n) is 3.24. The summed E-state index contributed by atoms with van der Waals surface area (Å²) in [7, 11) is 1.64. The number of hydrogen-bond acceptors (Lipinski definition) is 3. The average molecular weight is 190 g/mol. The van der Waals surface area contributed by atoms with Gasteiger partial charge in [0.1, 0.15) is 18.1 Å². The van der Waals surface area contributed by atoms with Gasteiger partial charge in [-0.25, -0.2) is 0 Å². The zero-order valence-corrected chi connectivity index (χ0v) is 8.06. The van der Waals surface area contributed by atoms with Crippen molar-refractivity contribution in [3.63, 3.8) is 0 Å². The van der Waals surface area contributed by atoms with Crippen LogP contribution < -0.4 is 4.74 Å². The maximum atomic E-state index is 5.10. The van der Waals surface area contributed by atoms with E-state index >= 15 is 0 Å². The van der Waals surface area contributed by atoms with Crippen molar-refractivity contribution in [3.8, 4) is 5.75 Å². The highest BCUT2D eigenvalue weighted by atomic mass is 16.6. The SMILES string of the molecule is COc1cccc(/[C]=N/OC2CC2)c1. The Hall–Kier alpha value is -1.51. The van der Waals surface area contributed by atoms with Crippen molar-refractivity contribution in [2.75, 3.05) is 7.11 Å². The predicted octanol–water partition coefficient (Wildman–Crippen LogP) is 2.09. The van der Waals surface area contributed by atoms with Gasteiger partial charge in [0.05, 0.1) is 7.11 Å². The fourth-order valence-electron chi connectivity index (χ4n) is 1.02. The van der Waals surface area contributed by atoms with Crippen molar-refractivity contribution in [3.05, 3.63) is 29.8 Å². The van der Waals surface area contributed by atoms with E-state index < -0.39 is 0 Å². The molecule has 0 spiro atoms. The fourth-order valence-corrected chi connectivity index (χ4v) is 1.02. The van der Waals surface area contributed by atoms with E-state index in [1.807, 2.05) is 24.3 Å². The number of nitrogens with zero attached hydrogens (tertiary/aromatic N) is 1. The van der Waals surface area contributed by atoms with Crippen LogP contribution in [0.15, 0.2) is 29.4 Å². The normalized spacial score (nSPS) is 15.8. The number of hydrogen-bond donors (Lipinski definition) is 0. The zero-order chi connectivity index (χ0) is 9.80. The Morgan fingerprint density at radius 3 is 3.00 bits per heavy atom. The smallest absolute Gasteiger partial charge is 0.139 e. The highest BCUT2D eigenvalue weighted by Crippen LogP contribution is 2.23. The maximum absolute atomic E-state index is 5.10. The molecular formula is C11H12NO2. The Bertz CT molecular complexity index is 332. The second kappa shape index (κ2) is 4.13. The number of benzene rings is 1. The van der Waals surface area contributed by atoms with Crippen molar-refractivity contribution in [1.29, 1.82) is 0 Å². The van der Waals surface area contributed by atoms with E-state index in [2.05, 4.69) is 11.4 Å². The first-order valence-electron chi connectivity index (χ1n) is 4.64. The maximum Gasteiger partial charge on any atom is 0.139 e. The fraction of sp³-hybridized carbons (Fsp3) is 0.364. The molecule has 1 saturated carbocycles. The van der Waals surface area contributed by atoms with Crippen LogP contribution in [0.5, 0.6) is 5.75 Å². The summed E-state index contributed by atoms with van der Waals surface area (Å²) >= 11 is 0. The number of methoxy groups -OCH3 is 1. The monoisotopic (exact) mass is 190 g/mol. The van der Waals surface area contributed by atoms with Gasteiger partial charge in [0.25, 0.3) is 0 Å². The zero-order valence-electron chi connectivity index (χ0n) is 8.06. The Morgan fingerprint density at radius 1 is 1.43 bits per heavy atom. The van der Waals surface area contributed by atoms with E-state index in [1.54, 1.807) is 7.11 Å². The predicted molar refractivity (Wildman–Crippen MR) is 53.6 cm³/mol. The van der Waals surface area contributed by atoms with Gasteiger partial charge in [-0.2, -0.15) is 0 Å². The molecule has 0 atom stereocenters. The molecule has 1 aromatic carbocycles. The van der Waals surface area contributed by atoms with Crippen LogP contribution in [0.25, 0.3) is 0 Å². The van der Waals surface area contributed by atoms with E-state index in [4.69, 9.17) is 9.57 Å². The van der Waals surface area contributed by atoms with Crippen LogP contribution in [0, 0.1) is 0 Å². The molecule has 1 aliphatic carbocycles. The van der Waals surface area contributed by atoms with Crippen molar-refractivity contribution in [2.24, 2.45) is 5.16 Å². The van der Waals surface area contributed by atoms with E-state index in [0.717, 1.165) is 24.2 Å². The Labute approximate surface area is 83.3 Å². The molecule has 1 aromatic rings. The lowest BCUT2D eigenvalue weighted by molar-refractivity contribution is 0.131. The summed E-state index contributed by atoms with van der Waals surface area (Å²) in [5.74, 6) is 0.802. The summed E-state index contributed by atoms with van der Waals surface area (Å²) in [5, 5.41) is 3.77. The first-order chi connectivity index (χ1) is 6.88. The summed E-state index contributed by atoms with van der Waals surface area (Å²) in [4.78, 5) is 5.10. The van der Waals surface area contributed by atoms with Gasteiger partial charge in [-0.15, -0.1) is 0 Å². The summed E-state index contributed by atoms with van der Waals surface area (Å²) in [6.07, 6.45) is 5.37. The van der Waals surface area contributed by atoms with Gasteiger partial charge in [0.15, 0.2) is 0 Å². The minimum Gasteiger partial charge on any atom is -0.497 e. The van der Waals surface area contributed by atoms with Gasteiger partial charge >= 0.3 is 0 Å². The first kappa shape index (κ1) is 9.06. The van der Waals surface area contributed by atoms with Crippen LogP contribution >= 0.6 is 0 Å². The van der Waals surface area contributed by atoms with Crippen molar-refractivity contribution >= 4 is 6.21 Å². The summed E-state index contributed by atoms with van der Waals surface area (Å²) in [5.41, 5.74) is 0.866. The Kier molecular flexibility index (Phi) is 2.68. The standard InChI is InChI=1S/C11H12NO2/c1-13-11-4-2-3-9(7-11)8-12-14-10-5-6-10/h2-4,7,10H,5-6H2,1H3. The Morgan fingerprint density at radius 2 is 2.29 bits per heavy atom. The van der Waals surface area contributed by atoms with E-state index in [9.17, 15) is 0 Å². The van der Waals surface area contributed by atoms with Gasteiger partial charge in [0, 0.05) is 5.56 Å². The molecule has 3 heteroatoms. The molecule has 0 aliphatic heterocycles. The summed E-state index contributed by atoms with van der Waals surface area (Å²) in [6.45, 7) is 0. The minimum absolute atomic E-state index is 0.327. The largest absolute Gasteiger partial charge is 0.497 e. The third kappa shape index (κ3) is 2.49. The molecule has 0 N–H and O–H groups in total. The minimum atomic E-state index is 0.327. The lowest BCUT2D eigenvalue weighted by atomic mass is 10.2. The Balaban J connectivity index is 1.96. The second-order valence-corrected chi connectivity index (χ2v) is 3.24. The van der Waals surface area contributed by atoms with Gasteiger partial charge in [-0.05, 0) is 25.0 Å². The molecule has 0 aromatic heterocycles. The summed E-state index contributed by atoms with van der Waals surface area (Å²) < 4.78 is 5.07.